The lowest BCUT2D eigenvalue weighted by Crippen LogP contribution is -2.25. The summed E-state index contributed by atoms with van der Waals surface area (Å²) in [5.41, 5.74) is 4.47. The van der Waals surface area contributed by atoms with Crippen LogP contribution in [0.2, 0.25) is 0 Å². The number of benzene rings is 2. The van der Waals surface area contributed by atoms with Crippen LogP contribution in [0.1, 0.15) is 41.1 Å². The Balaban J connectivity index is 1.45. The molecule has 0 bridgehead atoms. The summed E-state index contributed by atoms with van der Waals surface area (Å²) in [7, 11) is 0. The summed E-state index contributed by atoms with van der Waals surface area (Å²) in [5.74, 6) is 1.08. The molecule has 6 nitrogen and oxygen atoms in total. The first-order chi connectivity index (χ1) is 14.7. The van der Waals surface area contributed by atoms with Crippen molar-refractivity contribution >= 4 is 11.7 Å². The van der Waals surface area contributed by atoms with E-state index in [-0.39, 0.29) is 18.6 Å². The van der Waals surface area contributed by atoms with Gasteiger partial charge in [0, 0.05) is 5.56 Å². The lowest BCUT2D eigenvalue weighted by molar-refractivity contribution is -0.118. The average molecular weight is 400 g/mol. The highest BCUT2D eigenvalue weighted by atomic mass is 16.5. The van der Waals surface area contributed by atoms with Gasteiger partial charge in [-0.2, -0.15) is 10.4 Å². The smallest absolute Gasteiger partial charge is 0.263 e. The van der Waals surface area contributed by atoms with Gasteiger partial charge in [0.15, 0.2) is 6.61 Å². The zero-order valence-electron chi connectivity index (χ0n) is 17.0. The normalized spacial score (nSPS) is 15.1. The fraction of sp³-hybridized carbons (Fsp3) is 0.292. The molecule has 1 aliphatic rings. The van der Waals surface area contributed by atoms with Gasteiger partial charge in [0.25, 0.3) is 5.91 Å². The van der Waals surface area contributed by atoms with Crippen LogP contribution in [0.5, 0.6) is 5.75 Å². The second-order valence-corrected chi connectivity index (χ2v) is 7.54. The van der Waals surface area contributed by atoms with Crippen molar-refractivity contribution in [2.75, 3.05) is 11.9 Å². The van der Waals surface area contributed by atoms with E-state index in [0.717, 1.165) is 36.2 Å². The molecule has 0 aliphatic heterocycles. The Hall–Kier alpha value is -3.59. The van der Waals surface area contributed by atoms with Crippen molar-refractivity contribution in [3.05, 3.63) is 77.0 Å². The monoisotopic (exact) mass is 400 g/mol. The molecule has 1 amide bonds. The Morgan fingerprint density at radius 1 is 1.27 bits per heavy atom. The second-order valence-electron chi connectivity index (χ2n) is 7.54. The lowest BCUT2D eigenvalue weighted by Gasteiger charge is -2.27. The number of nitrogens with one attached hydrogen (secondary N) is 1. The van der Waals surface area contributed by atoms with Gasteiger partial charge in [0.1, 0.15) is 11.6 Å². The molecule has 6 heteroatoms. The number of carbonyl (C=O) groups is 1. The van der Waals surface area contributed by atoms with Crippen LogP contribution in [0, 0.1) is 18.3 Å². The molecular weight excluding hydrogens is 376 g/mol. The van der Waals surface area contributed by atoms with Crippen molar-refractivity contribution in [2.45, 2.75) is 38.6 Å². The third-order valence-electron chi connectivity index (χ3n) is 5.45. The number of carbonyl (C=O) groups excluding carboxylic acids is 1. The predicted molar refractivity (Wildman–Crippen MR) is 114 cm³/mol. The van der Waals surface area contributed by atoms with Crippen molar-refractivity contribution in [1.82, 2.24) is 9.78 Å². The standard InChI is InChI=1S/C24H24N4O2/c1-17-15-26-28(22-8-4-6-19-5-2-3-7-21(19)22)24(17)27-23(29)16-30-20-11-9-18(10-12-20)13-14-25/h2-3,5,7,9-12,15,22H,4,6,8,13,16H2,1H3,(H,27,29). The number of anilines is 1. The first-order valence-electron chi connectivity index (χ1n) is 10.2. The quantitative estimate of drug-likeness (QED) is 0.672. The fourth-order valence-electron chi connectivity index (χ4n) is 3.93. The molecule has 0 saturated heterocycles. The molecule has 30 heavy (non-hydrogen) atoms. The molecule has 1 unspecified atom stereocenters. The number of nitrogens with zero attached hydrogens (tertiary/aromatic N) is 3. The number of nitriles is 1. The summed E-state index contributed by atoms with van der Waals surface area (Å²) >= 11 is 0. The largest absolute Gasteiger partial charge is 0.484 e. The Morgan fingerprint density at radius 2 is 2.07 bits per heavy atom. The molecule has 1 N–H and O–H groups in total. The molecule has 3 aromatic rings. The van der Waals surface area contributed by atoms with Crippen LogP contribution >= 0.6 is 0 Å². The minimum absolute atomic E-state index is 0.0938. The molecule has 2 aromatic carbocycles. The van der Waals surface area contributed by atoms with Gasteiger partial charge in [-0.3, -0.25) is 4.79 Å². The van der Waals surface area contributed by atoms with Crippen molar-refractivity contribution in [1.29, 1.82) is 5.26 Å². The minimum atomic E-state index is -0.231. The maximum atomic E-state index is 12.6. The Kier molecular flexibility index (Phi) is 5.80. The van der Waals surface area contributed by atoms with Gasteiger partial charge in [-0.1, -0.05) is 36.4 Å². The van der Waals surface area contributed by atoms with Gasteiger partial charge < -0.3 is 10.1 Å². The second kappa shape index (κ2) is 8.83. The Bertz CT molecular complexity index is 1080. The van der Waals surface area contributed by atoms with E-state index in [2.05, 4.69) is 40.8 Å². The van der Waals surface area contributed by atoms with E-state index >= 15 is 0 Å². The maximum Gasteiger partial charge on any atom is 0.263 e. The van der Waals surface area contributed by atoms with Crippen LogP contribution in [0.25, 0.3) is 0 Å². The van der Waals surface area contributed by atoms with Gasteiger partial charge in [0.2, 0.25) is 0 Å². The lowest BCUT2D eigenvalue weighted by atomic mass is 9.88. The summed E-state index contributed by atoms with van der Waals surface area (Å²) in [4.78, 5) is 12.6. The van der Waals surface area contributed by atoms with Crippen molar-refractivity contribution in [3.63, 3.8) is 0 Å². The van der Waals surface area contributed by atoms with E-state index in [1.54, 1.807) is 18.3 Å². The minimum Gasteiger partial charge on any atom is -0.484 e. The highest BCUT2D eigenvalue weighted by Gasteiger charge is 2.25. The molecular formula is C24H24N4O2. The van der Waals surface area contributed by atoms with E-state index in [9.17, 15) is 4.79 Å². The molecule has 152 valence electrons. The predicted octanol–water partition coefficient (Wildman–Crippen LogP) is 4.20. The molecule has 1 atom stereocenters. The number of aryl methyl sites for hydroxylation is 2. The summed E-state index contributed by atoms with van der Waals surface area (Å²) < 4.78 is 7.54. The molecule has 0 saturated carbocycles. The number of ether oxygens (including phenoxy) is 1. The van der Waals surface area contributed by atoms with Gasteiger partial charge in [-0.05, 0) is 55.0 Å². The summed E-state index contributed by atoms with van der Waals surface area (Å²) in [5, 5.41) is 16.3. The van der Waals surface area contributed by atoms with Crippen LogP contribution in [-0.4, -0.2) is 22.3 Å². The Morgan fingerprint density at radius 3 is 2.87 bits per heavy atom. The SMILES string of the molecule is Cc1cnn(C2CCCc3ccccc32)c1NC(=O)COc1ccc(CC#N)cc1. The molecule has 0 radical (unpaired) electrons. The highest BCUT2D eigenvalue weighted by molar-refractivity contribution is 5.91. The first-order valence-corrected chi connectivity index (χ1v) is 10.2. The Labute approximate surface area is 176 Å². The zero-order valence-corrected chi connectivity index (χ0v) is 17.0. The topological polar surface area (TPSA) is 79.9 Å². The van der Waals surface area contributed by atoms with E-state index in [1.165, 1.54) is 11.1 Å². The van der Waals surface area contributed by atoms with Crippen LogP contribution in [0.3, 0.4) is 0 Å². The van der Waals surface area contributed by atoms with E-state index in [4.69, 9.17) is 10.00 Å². The van der Waals surface area contributed by atoms with Crippen LogP contribution in [0.15, 0.2) is 54.7 Å². The van der Waals surface area contributed by atoms with E-state index in [1.807, 2.05) is 23.7 Å². The van der Waals surface area contributed by atoms with Gasteiger partial charge in [-0.15, -0.1) is 0 Å². The maximum absolute atomic E-state index is 12.6. The molecule has 4 rings (SSSR count). The van der Waals surface area contributed by atoms with Gasteiger partial charge in [-0.25, -0.2) is 4.68 Å². The molecule has 0 fully saturated rings. The number of amides is 1. The van der Waals surface area contributed by atoms with Gasteiger partial charge >= 0.3 is 0 Å². The summed E-state index contributed by atoms with van der Waals surface area (Å²) in [6, 6.07) is 17.9. The number of rotatable bonds is 6. The molecule has 1 heterocycles. The third-order valence-corrected chi connectivity index (χ3v) is 5.45. The average Bonchev–Trinajstić information content (AvgIpc) is 3.13. The zero-order chi connectivity index (χ0) is 20.9. The summed E-state index contributed by atoms with van der Waals surface area (Å²) in [6.45, 7) is 1.85. The van der Waals surface area contributed by atoms with E-state index in [0.29, 0.717) is 12.2 Å². The summed E-state index contributed by atoms with van der Waals surface area (Å²) in [6.07, 6.45) is 5.32. The number of hydrogen-bond donors (Lipinski definition) is 1. The number of aromatic nitrogens is 2. The van der Waals surface area contributed by atoms with Gasteiger partial charge in [0.05, 0.1) is 24.7 Å². The molecule has 1 aliphatic carbocycles. The number of fused-ring (bicyclic) bond motifs is 1. The van der Waals surface area contributed by atoms with E-state index < -0.39 is 0 Å². The van der Waals surface area contributed by atoms with Crippen LogP contribution < -0.4 is 10.1 Å². The fourth-order valence-corrected chi connectivity index (χ4v) is 3.93. The van der Waals surface area contributed by atoms with Crippen molar-refractivity contribution in [2.24, 2.45) is 0 Å². The molecule has 0 spiro atoms. The van der Waals surface area contributed by atoms with Crippen LogP contribution in [-0.2, 0) is 17.6 Å². The first kappa shape index (κ1) is 19.7. The molecule has 1 aromatic heterocycles. The van der Waals surface area contributed by atoms with Crippen molar-refractivity contribution in [3.8, 4) is 11.8 Å². The van der Waals surface area contributed by atoms with Crippen molar-refractivity contribution < 1.29 is 9.53 Å². The third kappa shape index (κ3) is 4.20. The highest BCUT2D eigenvalue weighted by Crippen LogP contribution is 2.35. The van der Waals surface area contributed by atoms with Crippen LogP contribution in [0.4, 0.5) is 5.82 Å². The number of hydrogen-bond acceptors (Lipinski definition) is 4.